The third kappa shape index (κ3) is 4.93. The molecular weight excluding hydrogens is 348 g/mol. The molecular formula is C16H20N2O6S. The van der Waals surface area contributed by atoms with E-state index in [2.05, 4.69) is 5.32 Å². The van der Waals surface area contributed by atoms with Crippen LogP contribution < -0.4 is 5.32 Å². The van der Waals surface area contributed by atoms with Gasteiger partial charge < -0.3 is 15.2 Å². The molecule has 1 saturated heterocycles. The first-order chi connectivity index (χ1) is 11.9. The van der Waals surface area contributed by atoms with E-state index in [1.165, 1.54) is 30.0 Å². The van der Waals surface area contributed by atoms with Gasteiger partial charge in [-0.15, -0.1) is 11.8 Å². The van der Waals surface area contributed by atoms with E-state index in [1.54, 1.807) is 6.26 Å². The Morgan fingerprint density at radius 1 is 1.44 bits per heavy atom. The number of thioether (sulfide) groups is 1. The molecule has 136 valence electrons. The first kappa shape index (κ1) is 19.2. The van der Waals surface area contributed by atoms with Gasteiger partial charge in [-0.3, -0.25) is 19.7 Å². The Bertz CT molecular complexity index is 660. The van der Waals surface area contributed by atoms with Gasteiger partial charge in [0.25, 0.3) is 11.6 Å². The number of amides is 1. The van der Waals surface area contributed by atoms with Gasteiger partial charge in [-0.1, -0.05) is 0 Å². The van der Waals surface area contributed by atoms with E-state index in [1.807, 2.05) is 0 Å². The monoisotopic (exact) mass is 368 g/mol. The summed E-state index contributed by atoms with van der Waals surface area (Å²) in [6.07, 6.45) is 2.99. The van der Waals surface area contributed by atoms with E-state index in [-0.39, 0.29) is 23.7 Å². The number of rotatable bonds is 7. The van der Waals surface area contributed by atoms with Crippen molar-refractivity contribution < 1.29 is 24.4 Å². The van der Waals surface area contributed by atoms with E-state index >= 15 is 0 Å². The Morgan fingerprint density at radius 2 is 2.12 bits per heavy atom. The molecule has 0 radical (unpaired) electrons. The smallest absolute Gasteiger partial charge is 0.308 e. The zero-order chi connectivity index (χ0) is 18.4. The van der Waals surface area contributed by atoms with Crippen molar-refractivity contribution in [2.75, 3.05) is 26.0 Å². The number of carboxylic acids is 1. The van der Waals surface area contributed by atoms with Gasteiger partial charge in [0.1, 0.15) is 0 Å². The standard InChI is InChI=1S/C16H20N2O6S/c1-25-14-3-2-11(8-13(14)18(22)23)15(19)17-9-12(16(20)21)10-4-6-24-7-5-10/h2-3,8,10,12H,4-7,9H2,1H3,(H,17,19)(H,20,21). The van der Waals surface area contributed by atoms with Crippen LogP contribution in [0.15, 0.2) is 23.1 Å². The summed E-state index contributed by atoms with van der Waals surface area (Å²) in [5.41, 5.74) is -0.0000184. The maximum absolute atomic E-state index is 12.3. The van der Waals surface area contributed by atoms with Crippen LogP contribution in [0.1, 0.15) is 23.2 Å². The maximum Gasteiger partial charge on any atom is 0.308 e. The van der Waals surface area contributed by atoms with Gasteiger partial charge in [0.15, 0.2) is 0 Å². The second kappa shape index (κ2) is 8.82. The summed E-state index contributed by atoms with van der Waals surface area (Å²) in [5, 5.41) is 23.1. The molecule has 1 aliphatic rings. The minimum atomic E-state index is -0.962. The number of carboxylic acid groups (broad SMARTS) is 1. The van der Waals surface area contributed by atoms with E-state index in [0.717, 1.165) is 0 Å². The fraction of sp³-hybridized carbons (Fsp3) is 0.500. The summed E-state index contributed by atoms with van der Waals surface area (Å²) >= 11 is 1.22. The van der Waals surface area contributed by atoms with Crippen LogP contribution >= 0.6 is 11.8 Å². The molecule has 1 aromatic rings. The first-order valence-corrected chi connectivity index (χ1v) is 9.07. The first-order valence-electron chi connectivity index (χ1n) is 7.85. The lowest BCUT2D eigenvalue weighted by Gasteiger charge is -2.27. The second-order valence-corrected chi connectivity index (χ2v) is 6.60. The Labute approximate surface area is 149 Å². The number of nitrogens with one attached hydrogen (secondary N) is 1. The molecule has 1 aromatic carbocycles. The van der Waals surface area contributed by atoms with Crippen molar-refractivity contribution in [3.63, 3.8) is 0 Å². The van der Waals surface area contributed by atoms with Crippen LogP contribution in [0.5, 0.6) is 0 Å². The summed E-state index contributed by atoms with van der Waals surface area (Å²) in [7, 11) is 0. The molecule has 0 saturated carbocycles. The van der Waals surface area contributed by atoms with E-state index in [9.17, 15) is 24.8 Å². The van der Waals surface area contributed by atoms with E-state index in [4.69, 9.17) is 4.74 Å². The molecule has 1 amide bonds. The van der Waals surface area contributed by atoms with Crippen molar-refractivity contribution >= 4 is 29.3 Å². The van der Waals surface area contributed by atoms with Crippen LogP contribution in [0.3, 0.4) is 0 Å². The molecule has 0 aliphatic carbocycles. The average molecular weight is 368 g/mol. The predicted molar refractivity (Wildman–Crippen MR) is 91.9 cm³/mol. The van der Waals surface area contributed by atoms with Crippen molar-refractivity contribution in [1.82, 2.24) is 5.32 Å². The Hall–Kier alpha value is -2.13. The van der Waals surface area contributed by atoms with Crippen LogP contribution in [-0.4, -0.2) is 47.9 Å². The number of aliphatic carboxylic acids is 1. The van der Waals surface area contributed by atoms with Crippen LogP contribution in [-0.2, 0) is 9.53 Å². The molecule has 2 N–H and O–H groups in total. The SMILES string of the molecule is CSc1ccc(C(=O)NCC(C(=O)O)C2CCOCC2)cc1[N+](=O)[O-]. The number of nitro groups is 1. The van der Waals surface area contributed by atoms with Gasteiger partial charge in [0, 0.05) is 31.4 Å². The van der Waals surface area contributed by atoms with Crippen molar-refractivity contribution in [2.24, 2.45) is 11.8 Å². The zero-order valence-corrected chi connectivity index (χ0v) is 14.6. The van der Waals surface area contributed by atoms with Crippen LogP contribution in [0.4, 0.5) is 5.69 Å². The summed E-state index contributed by atoms with van der Waals surface area (Å²) in [6.45, 7) is 1.02. The highest BCUT2D eigenvalue weighted by Crippen LogP contribution is 2.28. The fourth-order valence-corrected chi connectivity index (χ4v) is 3.40. The number of hydrogen-bond donors (Lipinski definition) is 2. The maximum atomic E-state index is 12.3. The van der Waals surface area contributed by atoms with Crippen LogP contribution in [0, 0.1) is 22.0 Å². The molecule has 1 aliphatic heterocycles. The second-order valence-electron chi connectivity index (χ2n) is 5.75. The van der Waals surface area contributed by atoms with Crippen molar-refractivity contribution in [3.8, 4) is 0 Å². The van der Waals surface area contributed by atoms with Crippen LogP contribution in [0.2, 0.25) is 0 Å². The molecule has 0 bridgehead atoms. The van der Waals surface area contributed by atoms with Gasteiger partial charge in [0.05, 0.1) is 15.7 Å². The average Bonchev–Trinajstić information content (AvgIpc) is 2.61. The minimum Gasteiger partial charge on any atom is -0.481 e. The number of hydrogen-bond acceptors (Lipinski definition) is 6. The highest BCUT2D eigenvalue weighted by molar-refractivity contribution is 7.98. The topological polar surface area (TPSA) is 119 Å². The molecule has 1 unspecified atom stereocenters. The Morgan fingerprint density at radius 3 is 2.68 bits per heavy atom. The number of carbonyl (C=O) groups excluding carboxylic acids is 1. The summed E-state index contributed by atoms with van der Waals surface area (Å²) in [6, 6.07) is 4.23. The molecule has 1 atom stereocenters. The molecule has 2 rings (SSSR count). The van der Waals surface area contributed by atoms with Crippen molar-refractivity contribution in [3.05, 3.63) is 33.9 Å². The van der Waals surface area contributed by atoms with Gasteiger partial charge in [0.2, 0.25) is 0 Å². The molecule has 1 heterocycles. The Balaban J connectivity index is 2.06. The highest BCUT2D eigenvalue weighted by atomic mass is 32.2. The lowest BCUT2D eigenvalue weighted by molar-refractivity contribution is -0.387. The third-order valence-corrected chi connectivity index (χ3v) is 5.06. The molecule has 0 spiro atoms. The normalized spacial score (nSPS) is 16.2. The van der Waals surface area contributed by atoms with Gasteiger partial charge in [-0.2, -0.15) is 0 Å². The number of carbonyl (C=O) groups is 2. The molecule has 9 heteroatoms. The molecule has 1 fully saturated rings. The summed E-state index contributed by atoms with van der Waals surface area (Å²) in [4.78, 5) is 34.8. The largest absolute Gasteiger partial charge is 0.481 e. The third-order valence-electron chi connectivity index (χ3n) is 4.27. The molecule has 0 aromatic heterocycles. The number of ether oxygens (including phenoxy) is 1. The molecule has 8 nitrogen and oxygen atoms in total. The number of nitro benzene ring substituents is 1. The summed E-state index contributed by atoms with van der Waals surface area (Å²) < 4.78 is 5.24. The van der Waals surface area contributed by atoms with Crippen LogP contribution in [0.25, 0.3) is 0 Å². The zero-order valence-electron chi connectivity index (χ0n) is 13.8. The van der Waals surface area contributed by atoms with Gasteiger partial charge >= 0.3 is 5.97 Å². The van der Waals surface area contributed by atoms with Crippen molar-refractivity contribution in [1.29, 1.82) is 0 Å². The molecule has 25 heavy (non-hydrogen) atoms. The van der Waals surface area contributed by atoms with E-state index < -0.39 is 22.7 Å². The predicted octanol–water partition coefficient (Wildman–Crippen LogP) is 2.17. The number of benzene rings is 1. The number of nitrogens with zero attached hydrogens (tertiary/aromatic N) is 1. The fourth-order valence-electron chi connectivity index (χ4n) is 2.85. The lowest BCUT2D eigenvalue weighted by atomic mass is 9.86. The minimum absolute atomic E-state index is 0.0170. The summed E-state index contributed by atoms with van der Waals surface area (Å²) in [5.74, 6) is -2.24. The van der Waals surface area contributed by atoms with E-state index in [0.29, 0.717) is 31.0 Å². The van der Waals surface area contributed by atoms with Crippen molar-refractivity contribution in [2.45, 2.75) is 17.7 Å². The van der Waals surface area contributed by atoms with Gasteiger partial charge in [-0.25, -0.2) is 0 Å². The highest BCUT2D eigenvalue weighted by Gasteiger charge is 2.30. The quantitative estimate of drug-likeness (QED) is 0.430. The Kier molecular flexibility index (Phi) is 6.77. The van der Waals surface area contributed by atoms with Gasteiger partial charge in [-0.05, 0) is 37.1 Å². The lowest BCUT2D eigenvalue weighted by Crippen LogP contribution is -2.39.